The molecule has 10 heteroatoms. The van der Waals surface area contributed by atoms with Gasteiger partial charge in [-0.25, -0.2) is 4.79 Å². The molecule has 8 nitrogen and oxygen atoms in total. The monoisotopic (exact) mass is 422 g/mol. The van der Waals surface area contributed by atoms with Crippen molar-refractivity contribution < 1.29 is 19.1 Å². The van der Waals surface area contributed by atoms with Gasteiger partial charge in [-0.15, -0.1) is 21.5 Å². The molecule has 2 aromatic heterocycles. The van der Waals surface area contributed by atoms with Crippen LogP contribution in [0.4, 0.5) is 5.00 Å². The van der Waals surface area contributed by atoms with Crippen LogP contribution < -0.4 is 5.32 Å². The topological polar surface area (TPSA) is 95.3 Å². The van der Waals surface area contributed by atoms with Crippen LogP contribution in [0.5, 0.6) is 0 Å². The number of thiophene rings is 1. The lowest BCUT2D eigenvalue weighted by Gasteiger charge is -2.14. The quantitative estimate of drug-likeness (QED) is 0.516. The van der Waals surface area contributed by atoms with Gasteiger partial charge < -0.3 is 19.4 Å². The maximum atomic E-state index is 12.4. The summed E-state index contributed by atoms with van der Waals surface area (Å²) in [4.78, 5) is 24.1. The Balaban J connectivity index is 1.40. The lowest BCUT2D eigenvalue weighted by Crippen LogP contribution is -2.19. The summed E-state index contributed by atoms with van der Waals surface area (Å²) in [5, 5.41) is 14.5. The van der Waals surface area contributed by atoms with Crippen molar-refractivity contribution in [2.75, 3.05) is 24.8 Å². The van der Waals surface area contributed by atoms with Gasteiger partial charge in [0.15, 0.2) is 5.16 Å². The molecule has 1 atom stereocenters. The zero-order valence-electron chi connectivity index (χ0n) is 15.6. The van der Waals surface area contributed by atoms with E-state index < -0.39 is 5.97 Å². The summed E-state index contributed by atoms with van der Waals surface area (Å²) in [5.41, 5.74) is 0.364. The van der Waals surface area contributed by atoms with Crippen molar-refractivity contribution in [1.29, 1.82) is 0 Å². The highest BCUT2D eigenvalue weighted by molar-refractivity contribution is 7.99. The van der Waals surface area contributed by atoms with Crippen LogP contribution in [0.15, 0.2) is 16.6 Å². The Morgan fingerprint density at radius 1 is 1.39 bits per heavy atom. The molecule has 2 aliphatic rings. The van der Waals surface area contributed by atoms with E-state index in [4.69, 9.17) is 9.47 Å². The van der Waals surface area contributed by atoms with E-state index in [1.165, 1.54) is 30.2 Å². The first-order chi connectivity index (χ1) is 13.7. The Bertz CT molecular complexity index is 856. The summed E-state index contributed by atoms with van der Waals surface area (Å²) in [6, 6.07) is 1.64. The van der Waals surface area contributed by atoms with E-state index >= 15 is 0 Å². The number of anilines is 1. The maximum absolute atomic E-state index is 12.4. The van der Waals surface area contributed by atoms with Crippen LogP contribution in [-0.2, 0) is 20.8 Å². The van der Waals surface area contributed by atoms with Crippen molar-refractivity contribution in [3.63, 3.8) is 0 Å². The molecule has 4 rings (SSSR count). The van der Waals surface area contributed by atoms with Crippen molar-refractivity contribution in [1.82, 2.24) is 14.8 Å². The molecule has 0 radical (unpaired) electrons. The van der Waals surface area contributed by atoms with Crippen LogP contribution in [0.2, 0.25) is 0 Å². The highest BCUT2D eigenvalue weighted by Gasteiger charge is 2.32. The molecule has 28 heavy (non-hydrogen) atoms. The van der Waals surface area contributed by atoms with Gasteiger partial charge in [-0.05, 0) is 37.1 Å². The van der Waals surface area contributed by atoms with E-state index in [0.717, 1.165) is 49.8 Å². The van der Waals surface area contributed by atoms with E-state index in [-0.39, 0.29) is 17.8 Å². The number of carbonyl (C=O) groups excluding carboxylic acids is 2. The number of esters is 1. The van der Waals surface area contributed by atoms with Crippen LogP contribution >= 0.6 is 23.1 Å². The summed E-state index contributed by atoms with van der Waals surface area (Å²) in [7, 11) is 1.32. The molecule has 1 aliphatic heterocycles. The molecule has 1 saturated carbocycles. The van der Waals surface area contributed by atoms with Gasteiger partial charge in [-0.3, -0.25) is 4.79 Å². The van der Waals surface area contributed by atoms with Crippen LogP contribution in [0.1, 0.15) is 47.8 Å². The average Bonchev–Trinajstić information content (AvgIpc) is 3.09. The van der Waals surface area contributed by atoms with Crippen molar-refractivity contribution in [3.05, 3.63) is 22.8 Å². The maximum Gasteiger partial charge on any atom is 0.340 e. The first-order valence-corrected chi connectivity index (χ1v) is 11.2. The molecule has 1 N–H and O–H groups in total. The Kier molecular flexibility index (Phi) is 5.98. The Morgan fingerprint density at radius 2 is 2.25 bits per heavy atom. The fourth-order valence-corrected chi connectivity index (χ4v) is 4.73. The molecule has 3 heterocycles. The Morgan fingerprint density at radius 3 is 2.96 bits per heavy atom. The summed E-state index contributed by atoms with van der Waals surface area (Å²) < 4.78 is 12.6. The molecule has 1 aliphatic carbocycles. The highest BCUT2D eigenvalue weighted by atomic mass is 32.2. The van der Waals surface area contributed by atoms with Gasteiger partial charge in [-0.2, -0.15) is 0 Å². The van der Waals surface area contributed by atoms with E-state index in [1.807, 2.05) is 0 Å². The third-order valence-electron chi connectivity index (χ3n) is 4.75. The van der Waals surface area contributed by atoms with Crippen LogP contribution in [0, 0.1) is 0 Å². The first-order valence-electron chi connectivity index (χ1n) is 9.29. The molecule has 0 bridgehead atoms. The second-order valence-electron chi connectivity index (χ2n) is 6.85. The van der Waals surface area contributed by atoms with Gasteiger partial charge in [0.25, 0.3) is 0 Å². The number of amides is 1. The van der Waals surface area contributed by atoms with Gasteiger partial charge in [0.1, 0.15) is 10.8 Å². The third kappa shape index (κ3) is 4.39. The summed E-state index contributed by atoms with van der Waals surface area (Å²) in [6.45, 7) is 1.54. The van der Waals surface area contributed by atoms with E-state index in [0.29, 0.717) is 16.5 Å². The fraction of sp³-hybridized carbons (Fsp3) is 0.556. The molecule has 0 spiro atoms. The minimum atomic E-state index is -0.463. The van der Waals surface area contributed by atoms with Gasteiger partial charge in [0.05, 0.1) is 31.1 Å². The summed E-state index contributed by atoms with van der Waals surface area (Å²) >= 11 is 2.65. The van der Waals surface area contributed by atoms with Crippen molar-refractivity contribution in [3.8, 4) is 0 Å². The molecule has 2 aromatic rings. The minimum Gasteiger partial charge on any atom is -0.465 e. The van der Waals surface area contributed by atoms with Crippen molar-refractivity contribution in [2.45, 2.75) is 49.4 Å². The SMILES string of the molecule is COC(=O)c1ccsc1NC(=O)CSc1nnc(C2CC2)n1CC1CCCO1. The number of aromatic nitrogens is 3. The number of nitrogens with zero attached hydrogens (tertiary/aromatic N) is 3. The smallest absolute Gasteiger partial charge is 0.340 e. The van der Waals surface area contributed by atoms with Gasteiger partial charge in [0.2, 0.25) is 5.91 Å². The fourth-order valence-electron chi connectivity index (χ4n) is 3.18. The lowest BCUT2D eigenvalue weighted by molar-refractivity contribution is -0.113. The molecule has 1 unspecified atom stereocenters. The predicted octanol–water partition coefficient (Wildman–Crippen LogP) is 2.91. The molecule has 1 saturated heterocycles. The van der Waals surface area contributed by atoms with Crippen molar-refractivity contribution >= 4 is 40.0 Å². The number of rotatable bonds is 8. The minimum absolute atomic E-state index is 0.187. The highest BCUT2D eigenvalue weighted by Crippen LogP contribution is 2.40. The van der Waals surface area contributed by atoms with Crippen LogP contribution in [0.3, 0.4) is 0 Å². The third-order valence-corrected chi connectivity index (χ3v) is 6.55. The van der Waals surface area contributed by atoms with Crippen LogP contribution in [-0.4, -0.2) is 52.2 Å². The average molecular weight is 423 g/mol. The number of nitrogens with one attached hydrogen (secondary N) is 1. The normalized spacial score (nSPS) is 19.0. The number of hydrogen-bond acceptors (Lipinski definition) is 8. The standard InChI is InChI=1S/C18H22N4O4S2/c1-25-17(24)13-6-8-27-16(13)19-14(23)10-28-18-21-20-15(11-4-5-11)22(18)9-12-3-2-7-26-12/h6,8,11-12H,2-5,7,9-10H2,1H3,(H,19,23). The number of hydrogen-bond donors (Lipinski definition) is 1. The Labute approximate surface area is 171 Å². The summed E-state index contributed by atoms with van der Waals surface area (Å²) in [5.74, 6) is 1.01. The van der Waals surface area contributed by atoms with E-state index in [1.54, 1.807) is 11.4 Å². The zero-order valence-corrected chi connectivity index (χ0v) is 17.2. The molecular weight excluding hydrogens is 400 g/mol. The van der Waals surface area contributed by atoms with Gasteiger partial charge in [-0.1, -0.05) is 11.8 Å². The predicted molar refractivity (Wildman–Crippen MR) is 106 cm³/mol. The summed E-state index contributed by atoms with van der Waals surface area (Å²) in [6.07, 6.45) is 4.60. The zero-order chi connectivity index (χ0) is 19.5. The largest absolute Gasteiger partial charge is 0.465 e. The Hall–Kier alpha value is -1.91. The molecule has 150 valence electrons. The first kappa shape index (κ1) is 19.4. The number of thioether (sulfide) groups is 1. The molecule has 0 aromatic carbocycles. The van der Waals surface area contributed by atoms with E-state index in [9.17, 15) is 9.59 Å². The second-order valence-corrected chi connectivity index (χ2v) is 8.71. The molecular formula is C18H22N4O4S2. The molecule has 1 amide bonds. The second kappa shape index (κ2) is 8.62. The van der Waals surface area contributed by atoms with Crippen molar-refractivity contribution in [2.24, 2.45) is 0 Å². The number of ether oxygens (including phenoxy) is 2. The molecule has 2 fully saturated rings. The van der Waals surface area contributed by atoms with Gasteiger partial charge >= 0.3 is 5.97 Å². The van der Waals surface area contributed by atoms with Gasteiger partial charge in [0, 0.05) is 12.5 Å². The van der Waals surface area contributed by atoms with E-state index in [2.05, 4.69) is 20.1 Å². The van der Waals surface area contributed by atoms with Crippen LogP contribution in [0.25, 0.3) is 0 Å². The lowest BCUT2D eigenvalue weighted by atomic mass is 10.2. The number of carbonyl (C=O) groups is 2. The number of methoxy groups -OCH3 is 1.